The highest BCUT2D eigenvalue weighted by molar-refractivity contribution is 5.93. The van der Waals surface area contributed by atoms with Crippen molar-refractivity contribution in [3.05, 3.63) is 60.0 Å². The lowest BCUT2D eigenvalue weighted by Crippen LogP contribution is -2.07. The van der Waals surface area contributed by atoms with Crippen LogP contribution in [0.2, 0.25) is 0 Å². The number of rotatable bonds is 3. The maximum absolute atomic E-state index is 5.91. The number of nitrogens with one attached hydrogen (secondary N) is 1. The second-order valence-corrected chi connectivity index (χ2v) is 5.23. The molecule has 0 aliphatic carbocycles. The summed E-state index contributed by atoms with van der Waals surface area (Å²) in [5.41, 5.74) is 10.8. The molecular formula is C17H18N4. The standard InChI is InChI=1S/C17H18N4/c1-11-9-17(15-10-14(18)3-4-16(15)20-11)21-12(2)13-5-7-19-8-6-13/h3-10,12H,18H2,1-2H3,(H,20,21). The Labute approximate surface area is 124 Å². The van der Waals surface area contributed by atoms with Crippen molar-refractivity contribution in [1.82, 2.24) is 9.97 Å². The van der Waals surface area contributed by atoms with Gasteiger partial charge in [0.15, 0.2) is 0 Å². The molecule has 21 heavy (non-hydrogen) atoms. The second-order valence-electron chi connectivity index (χ2n) is 5.23. The van der Waals surface area contributed by atoms with Crippen molar-refractivity contribution in [1.29, 1.82) is 0 Å². The number of fused-ring (bicyclic) bond motifs is 1. The molecule has 4 heteroatoms. The minimum Gasteiger partial charge on any atom is -0.399 e. The molecule has 2 aromatic heterocycles. The van der Waals surface area contributed by atoms with Crippen LogP contribution in [0.1, 0.15) is 24.2 Å². The van der Waals surface area contributed by atoms with Gasteiger partial charge in [0.1, 0.15) is 0 Å². The molecular weight excluding hydrogens is 260 g/mol. The maximum Gasteiger partial charge on any atom is 0.0727 e. The van der Waals surface area contributed by atoms with Crippen molar-refractivity contribution in [3.63, 3.8) is 0 Å². The summed E-state index contributed by atoms with van der Waals surface area (Å²) < 4.78 is 0. The quantitative estimate of drug-likeness (QED) is 0.717. The summed E-state index contributed by atoms with van der Waals surface area (Å²) in [6.45, 7) is 4.13. The number of nitrogen functional groups attached to an aromatic ring is 1. The fourth-order valence-electron chi connectivity index (χ4n) is 2.46. The summed E-state index contributed by atoms with van der Waals surface area (Å²) in [4.78, 5) is 8.61. The predicted octanol–water partition coefficient (Wildman–Crippen LogP) is 3.69. The normalized spacial score (nSPS) is 12.3. The molecule has 0 spiro atoms. The number of hydrogen-bond acceptors (Lipinski definition) is 4. The van der Waals surface area contributed by atoms with E-state index in [9.17, 15) is 0 Å². The lowest BCUT2D eigenvalue weighted by Gasteiger charge is -2.18. The molecule has 1 atom stereocenters. The molecule has 3 aromatic rings. The second kappa shape index (κ2) is 5.40. The third kappa shape index (κ3) is 2.79. The fraction of sp³-hybridized carbons (Fsp3) is 0.176. The highest BCUT2D eigenvalue weighted by Gasteiger charge is 2.09. The Bertz CT molecular complexity index is 768. The van der Waals surface area contributed by atoms with Gasteiger partial charge in [0, 0.05) is 40.9 Å². The van der Waals surface area contributed by atoms with Crippen LogP contribution >= 0.6 is 0 Å². The first-order chi connectivity index (χ1) is 10.1. The topological polar surface area (TPSA) is 63.8 Å². The van der Waals surface area contributed by atoms with E-state index in [-0.39, 0.29) is 6.04 Å². The van der Waals surface area contributed by atoms with Gasteiger partial charge in [-0.25, -0.2) is 0 Å². The number of benzene rings is 1. The van der Waals surface area contributed by atoms with Crippen molar-refractivity contribution in [2.75, 3.05) is 11.1 Å². The Morgan fingerprint density at radius 2 is 1.86 bits per heavy atom. The average Bonchev–Trinajstić information content (AvgIpc) is 2.49. The van der Waals surface area contributed by atoms with Gasteiger partial charge in [-0.3, -0.25) is 9.97 Å². The number of anilines is 2. The van der Waals surface area contributed by atoms with Gasteiger partial charge in [0.25, 0.3) is 0 Å². The van der Waals surface area contributed by atoms with E-state index >= 15 is 0 Å². The summed E-state index contributed by atoms with van der Waals surface area (Å²) in [5.74, 6) is 0. The van der Waals surface area contributed by atoms with Crippen molar-refractivity contribution in [3.8, 4) is 0 Å². The Hall–Kier alpha value is -2.62. The molecule has 3 rings (SSSR count). The van der Waals surface area contributed by atoms with Crippen molar-refractivity contribution in [2.24, 2.45) is 0 Å². The number of aryl methyl sites for hydroxylation is 1. The Balaban J connectivity index is 2.02. The smallest absolute Gasteiger partial charge is 0.0727 e. The molecule has 0 fully saturated rings. The van der Waals surface area contributed by atoms with Gasteiger partial charge in [-0.2, -0.15) is 0 Å². The van der Waals surface area contributed by atoms with E-state index < -0.39 is 0 Å². The van der Waals surface area contributed by atoms with Crippen LogP contribution in [0.4, 0.5) is 11.4 Å². The predicted molar refractivity (Wildman–Crippen MR) is 87.2 cm³/mol. The zero-order valence-corrected chi connectivity index (χ0v) is 12.2. The molecule has 0 amide bonds. The maximum atomic E-state index is 5.91. The number of aromatic nitrogens is 2. The Morgan fingerprint density at radius 1 is 1.10 bits per heavy atom. The molecule has 3 N–H and O–H groups in total. The largest absolute Gasteiger partial charge is 0.399 e. The highest BCUT2D eigenvalue weighted by atomic mass is 14.9. The zero-order chi connectivity index (χ0) is 14.8. The van der Waals surface area contributed by atoms with Gasteiger partial charge in [0.05, 0.1) is 5.52 Å². The lowest BCUT2D eigenvalue weighted by molar-refractivity contribution is 0.882. The minimum atomic E-state index is 0.180. The lowest BCUT2D eigenvalue weighted by atomic mass is 10.1. The van der Waals surface area contributed by atoms with Crippen molar-refractivity contribution >= 4 is 22.3 Å². The van der Waals surface area contributed by atoms with E-state index in [0.29, 0.717) is 0 Å². The Kier molecular flexibility index (Phi) is 3.44. The number of pyridine rings is 2. The van der Waals surface area contributed by atoms with Crippen LogP contribution < -0.4 is 11.1 Å². The number of nitrogens with two attached hydrogens (primary N) is 1. The molecule has 0 radical (unpaired) electrons. The van der Waals surface area contributed by atoms with Crippen LogP contribution in [0.15, 0.2) is 48.8 Å². The van der Waals surface area contributed by atoms with Crippen LogP contribution in [0, 0.1) is 6.92 Å². The van der Waals surface area contributed by atoms with Crippen LogP contribution in [0.5, 0.6) is 0 Å². The molecule has 0 saturated carbocycles. The SMILES string of the molecule is Cc1cc(NC(C)c2ccncc2)c2cc(N)ccc2n1. The molecule has 0 bridgehead atoms. The number of nitrogens with zero attached hydrogens (tertiary/aromatic N) is 2. The van der Waals surface area contributed by atoms with E-state index in [0.717, 1.165) is 28.0 Å². The summed E-state index contributed by atoms with van der Waals surface area (Å²) >= 11 is 0. The highest BCUT2D eigenvalue weighted by Crippen LogP contribution is 2.28. The van der Waals surface area contributed by atoms with E-state index in [1.54, 1.807) is 12.4 Å². The molecule has 0 aliphatic rings. The summed E-state index contributed by atoms with van der Waals surface area (Å²) in [6.07, 6.45) is 3.61. The molecule has 0 aliphatic heterocycles. The van der Waals surface area contributed by atoms with Crippen molar-refractivity contribution in [2.45, 2.75) is 19.9 Å². The van der Waals surface area contributed by atoms with E-state index in [4.69, 9.17) is 5.73 Å². The van der Waals surface area contributed by atoms with Gasteiger partial charge in [-0.1, -0.05) is 0 Å². The van der Waals surface area contributed by atoms with Crippen molar-refractivity contribution < 1.29 is 0 Å². The first-order valence-corrected chi connectivity index (χ1v) is 6.97. The molecule has 1 aromatic carbocycles. The van der Waals surface area contributed by atoms with Gasteiger partial charge in [0.2, 0.25) is 0 Å². The summed E-state index contributed by atoms with van der Waals surface area (Å²) in [6, 6.07) is 12.1. The zero-order valence-electron chi connectivity index (χ0n) is 12.2. The number of hydrogen-bond donors (Lipinski definition) is 2. The molecule has 106 valence electrons. The first kappa shape index (κ1) is 13.4. The third-order valence-corrected chi connectivity index (χ3v) is 3.54. The van der Waals surface area contributed by atoms with E-state index in [1.807, 2.05) is 37.3 Å². The van der Waals surface area contributed by atoms with E-state index in [1.165, 1.54) is 5.56 Å². The Morgan fingerprint density at radius 3 is 2.62 bits per heavy atom. The first-order valence-electron chi connectivity index (χ1n) is 6.97. The minimum absolute atomic E-state index is 0.180. The monoisotopic (exact) mass is 278 g/mol. The van der Waals surface area contributed by atoms with Gasteiger partial charge in [-0.15, -0.1) is 0 Å². The van der Waals surface area contributed by atoms with Gasteiger partial charge >= 0.3 is 0 Å². The van der Waals surface area contributed by atoms with E-state index in [2.05, 4.69) is 28.3 Å². The summed E-state index contributed by atoms with van der Waals surface area (Å²) in [5, 5.41) is 4.59. The average molecular weight is 278 g/mol. The molecule has 0 saturated heterocycles. The van der Waals surface area contributed by atoms with Crippen LogP contribution in [0.3, 0.4) is 0 Å². The summed E-state index contributed by atoms with van der Waals surface area (Å²) in [7, 11) is 0. The van der Waals surface area contributed by atoms with Crippen LogP contribution in [-0.2, 0) is 0 Å². The molecule has 1 unspecified atom stereocenters. The third-order valence-electron chi connectivity index (χ3n) is 3.54. The van der Waals surface area contributed by atoms with Crippen LogP contribution in [-0.4, -0.2) is 9.97 Å². The molecule has 4 nitrogen and oxygen atoms in total. The van der Waals surface area contributed by atoms with Gasteiger partial charge in [-0.05, 0) is 55.8 Å². The van der Waals surface area contributed by atoms with Crippen LogP contribution in [0.25, 0.3) is 10.9 Å². The fourth-order valence-corrected chi connectivity index (χ4v) is 2.46. The van der Waals surface area contributed by atoms with Gasteiger partial charge < -0.3 is 11.1 Å². The molecule has 2 heterocycles.